The fourth-order valence-corrected chi connectivity index (χ4v) is 1.58. The molecule has 0 bridgehead atoms. The van der Waals surface area contributed by atoms with Crippen LogP contribution in [0.1, 0.15) is 5.69 Å². The minimum Gasteiger partial charge on any atom is -0.334 e. The Balaban J connectivity index is 1.97. The van der Waals surface area contributed by atoms with Crippen molar-refractivity contribution >= 4 is 0 Å². The van der Waals surface area contributed by atoms with Crippen molar-refractivity contribution in [2.45, 2.75) is 0 Å². The third-order valence-electron chi connectivity index (χ3n) is 2.50. The van der Waals surface area contributed by atoms with Gasteiger partial charge in [0.05, 0.1) is 6.20 Å². The van der Waals surface area contributed by atoms with E-state index >= 15 is 0 Å². The lowest BCUT2D eigenvalue weighted by atomic mass is 10.2. The lowest BCUT2D eigenvalue weighted by Crippen LogP contribution is -1.87. The predicted molar refractivity (Wildman–Crippen MR) is 65.4 cm³/mol. The summed E-state index contributed by atoms with van der Waals surface area (Å²) in [6.45, 7) is 0. The van der Waals surface area contributed by atoms with E-state index in [1.54, 1.807) is 6.07 Å². The molecule has 0 spiro atoms. The highest BCUT2D eigenvalue weighted by atomic mass is 19.1. The Morgan fingerprint density at radius 3 is 2.85 bits per heavy atom. The lowest BCUT2D eigenvalue weighted by Gasteiger charge is -1.93. The summed E-state index contributed by atoms with van der Waals surface area (Å²) in [6, 6.07) is 7.83. The summed E-state index contributed by atoms with van der Waals surface area (Å²) < 4.78 is 17.9. The normalized spacial score (nSPS) is 10.2. The van der Waals surface area contributed by atoms with Crippen LogP contribution >= 0.6 is 0 Å². The highest BCUT2D eigenvalue weighted by Gasteiger charge is 2.12. The maximum absolute atomic E-state index is 12.8. The summed E-state index contributed by atoms with van der Waals surface area (Å²) in [7, 11) is 0. The number of hydrogen-bond donors (Lipinski definition) is 0. The minimum atomic E-state index is -0.440. The summed E-state index contributed by atoms with van der Waals surface area (Å²) in [5.41, 5.74) is 1.23. The van der Waals surface area contributed by atoms with Gasteiger partial charge in [0.25, 0.3) is 5.89 Å². The SMILES string of the molecule is N#Cc1cc(-c2nc(-c3ccc(F)cn3)no2)ccn1. The molecule has 0 saturated heterocycles. The molecular formula is C13H6FN5O. The van der Waals surface area contributed by atoms with Crippen molar-refractivity contribution in [1.29, 1.82) is 5.26 Å². The molecule has 0 aliphatic carbocycles. The van der Waals surface area contributed by atoms with Gasteiger partial charge in [0.1, 0.15) is 23.3 Å². The van der Waals surface area contributed by atoms with E-state index in [9.17, 15) is 4.39 Å². The van der Waals surface area contributed by atoms with Gasteiger partial charge in [-0.25, -0.2) is 14.4 Å². The second-order valence-corrected chi connectivity index (χ2v) is 3.83. The number of hydrogen-bond acceptors (Lipinski definition) is 6. The smallest absolute Gasteiger partial charge is 0.258 e. The van der Waals surface area contributed by atoms with E-state index in [0.29, 0.717) is 11.3 Å². The number of rotatable bonds is 2. The molecule has 96 valence electrons. The van der Waals surface area contributed by atoms with Crippen molar-refractivity contribution < 1.29 is 8.91 Å². The largest absolute Gasteiger partial charge is 0.334 e. The Hall–Kier alpha value is -3.14. The van der Waals surface area contributed by atoms with Crippen molar-refractivity contribution in [1.82, 2.24) is 20.1 Å². The zero-order valence-corrected chi connectivity index (χ0v) is 9.99. The van der Waals surface area contributed by atoms with E-state index in [1.165, 1.54) is 24.4 Å². The van der Waals surface area contributed by atoms with E-state index in [4.69, 9.17) is 9.78 Å². The van der Waals surface area contributed by atoms with E-state index in [2.05, 4.69) is 20.1 Å². The molecule has 0 unspecified atom stereocenters. The average Bonchev–Trinajstić information content (AvgIpc) is 2.98. The quantitative estimate of drug-likeness (QED) is 0.707. The second kappa shape index (κ2) is 4.85. The first kappa shape index (κ1) is 11.9. The summed E-state index contributed by atoms with van der Waals surface area (Å²) in [6.07, 6.45) is 2.56. The van der Waals surface area contributed by atoms with Crippen LogP contribution in [0.2, 0.25) is 0 Å². The highest BCUT2D eigenvalue weighted by molar-refractivity contribution is 5.57. The van der Waals surface area contributed by atoms with Gasteiger partial charge in [0.2, 0.25) is 5.82 Å². The molecule has 0 radical (unpaired) electrons. The van der Waals surface area contributed by atoms with E-state index in [1.807, 2.05) is 6.07 Å². The van der Waals surface area contributed by atoms with E-state index in [0.717, 1.165) is 6.20 Å². The molecule has 0 aliphatic rings. The Bertz CT molecular complexity index is 791. The van der Waals surface area contributed by atoms with Gasteiger partial charge in [0.15, 0.2) is 0 Å². The van der Waals surface area contributed by atoms with Crippen LogP contribution in [0.3, 0.4) is 0 Å². The van der Waals surface area contributed by atoms with E-state index < -0.39 is 5.82 Å². The van der Waals surface area contributed by atoms with E-state index in [-0.39, 0.29) is 17.4 Å². The zero-order chi connectivity index (χ0) is 13.9. The molecule has 0 N–H and O–H groups in total. The van der Waals surface area contributed by atoms with Gasteiger partial charge in [-0.15, -0.1) is 0 Å². The molecule has 0 fully saturated rings. The lowest BCUT2D eigenvalue weighted by molar-refractivity contribution is 0.432. The molecule has 3 heterocycles. The predicted octanol–water partition coefficient (Wildman–Crippen LogP) is 2.20. The zero-order valence-electron chi connectivity index (χ0n) is 9.99. The third kappa shape index (κ3) is 2.22. The van der Waals surface area contributed by atoms with Gasteiger partial charge in [-0.05, 0) is 24.3 Å². The Morgan fingerprint density at radius 2 is 2.10 bits per heavy atom. The van der Waals surface area contributed by atoms with Crippen molar-refractivity contribution in [3.63, 3.8) is 0 Å². The number of aromatic nitrogens is 4. The molecule has 0 saturated carbocycles. The van der Waals surface area contributed by atoms with Crippen LogP contribution in [0.25, 0.3) is 23.0 Å². The van der Waals surface area contributed by atoms with Crippen molar-refractivity contribution in [3.05, 3.63) is 48.2 Å². The molecule has 0 aromatic carbocycles. The van der Waals surface area contributed by atoms with Crippen molar-refractivity contribution in [2.24, 2.45) is 0 Å². The molecule has 7 heteroatoms. The first-order valence-electron chi connectivity index (χ1n) is 5.58. The maximum atomic E-state index is 12.8. The highest BCUT2D eigenvalue weighted by Crippen LogP contribution is 2.21. The molecule has 6 nitrogen and oxygen atoms in total. The topological polar surface area (TPSA) is 88.5 Å². The summed E-state index contributed by atoms with van der Waals surface area (Å²) in [5, 5.41) is 12.6. The Labute approximate surface area is 112 Å². The van der Waals surface area contributed by atoms with Crippen molar-refractivity contribution in [2.75, 3.05) is 0 Å². The number of nitriles is 1. The van der Waals surface area contributed by atoms with Crippen molar-refractivity contribution in [3.8, 4) is 29.0 Å². The summed E-state index contributed by atoms with van der Waals surface area (Å²) >= 11 is 0. The summed E-state index contributed by atoms with van der Waals surface area (Å²) in [4.78, 5) is 11.9. The standard InChI is InChI=1S/C13H6FN5O/c14-9-1-2-11(17-7-9)12-18-13(20-19-12)8-3-4-16-10(5-8)6-15/h1-5,7H. The van der Waals surface area contributed by atoms with Gasteiger partial charge >= 0.3 is 0 Å². The molecule has 3 aromatic heterocycles. The maximum Gasteiger partial charge on any atom is 0.258 e. The van der Waals surface area contributed by atoms with Gasteiger partial charge in [-0.1, -0.05) is 5.16 Å². The number of halogens is 1. The molecule has 20 heavy (non-hydrogen) atoms. The average molecular weight is 267 g/mol. The fraction of sp³-hybridized carbons (Fsp3) is 0. The van der Waals surface area contributed by atoms with Gasteiger partial charge in [-0.2, -0.15) is 10.2 Å². The Morgan fingerprint density at radius 1 is 1.20 bits per heavy atom. The van der Waals surface area contributed by atoms with Crippen LogP contribution in [0.4, 0.5) is 4.39 Å². The van der Waals surface area contributed by atoms with Crippen LogP contribution in [-0.4, -0.2) is 20.1 Å². The van der Waals surface area contributed by atoms with Crippen LogP contribution in [0, 0.1) is 17.1 Å². The van der Waals surface area contributed by atoms with Gasteiger partial charge in [0, 0.05) is 11.8 Å². The fourth-order valence-electron chi connectivity index (χ4n) is 1.58. The number of pyridine rings is 2. The molecule has 3 aromatic rings. The summed E-state index contributed by atoms with van der Waals surface area (Å²) in [5.74, 6) is 0.0469. The second-order valence-electron chi connectivity index (χ2n) is 3.83. The molecular weight excluding hydrogens is 261 g/mol. The number of nitrogens with zero attached hydrogens (tertiary/aromatic N) is 5. The van der Waals surface area contributed by atoms with Crippen LogP contribution < -0.4 is 0 Å². The van der Waals surface area contributed by atoms with Gasteiger partial charge in [-0.3, -0.25) is 0 Å². The van der Waals surface area contributed by atoms with Crippen LogP contribution in [0.15, 0.2) is 41.2 Å². The van der Waals surface area contributed by atoms with Crippen LogP contribution in [-0.2, 0) is 0 Å². The monoisotopic (exact) mass is 267 g/mol. The molecule has 3 rings (SSSR count). The minimum absolute atomic E-state index is 0.241. The third-order valence-corrected chi connectivity index (χ3v) is 2.50. The van der Waals surface area contributed by atoms with Crippen LogP contribution in [0.5, 0.6) is 0 Å². The molecule has 0 amide bonds. The molecule has 0 atom stereocenters. The first-order chi connectivity index (χ1) is 9.76. The molecule has 0 aliphatic heterocycles. The Kier molecular flexibility index (Phi) is 2.89. The van der Waals surface area contributed by atoms with Gasteiger partial charge < -0.3 is 4.52 Å². The first-order valence-corrected chi connectivity index (χ1v) is 5.58.